The second-order valence-electron chi connectivity index (χ2n) is 3.66. The van der Waals surface area contributed by atoms with E-state index in [4.69, 9.17) is 10.5 Å². The van der Waals surface area contributed by atoms with Gasteiger partial charge in [-0.15, -0.1) is 0 Å². The van der Waals surface area contributed by atoms with Crippen molar-refractivity contribution in [3.63, 3.8) is 0 Å². The van der Waals surface area contributed by atoms with Crippen molar-refractivity contribution in [1.29, 1.82) is 0 Å². The van der Waals surface area contributed by atoms with Crippen molar-refractivity contribution < 1.29 is 4.74 Å². The van der Waals surface area contributed by atoms with E-state index in [9.17, 15) is 4.79 Å². The van der Waals surface area contributed by atoms with Crippen molar-refractivity contribution in [3.8, 4) is 17.1 Å². The van der Waals surface area contributed by atoms with Crippen LogP contribution in [0.2, 0.25) is 0 Å². The third-order valence-corrected chi connectivity index (χ3v) is 2.53. The topological polar surface area (TPSA) is 81.0 Å². The van der Waals surface area contributed by atoms with Gasteiger partial charge in [0, 0.05) is 5.56 Å². The Balaban J connectivity index is 2.56. The largest absolute Gasteiger partial charge is 0.497 e. The number of nitrogen functional groups attached to an aromatic ring is 1. The summed E-state index contributed by atoms with van der Waals surface area (Å²) >= 11 is 0. The molecule has 5 nitrogen and oxygen atoms in total. The third kappa shape index (κ3) is 2.13. The average Bonchev–Trinajstić information content (AvgIpc) is 2.35. The molecule has 1 aromatic heterocycles. The number of nitrogens with two attached hydrogens (primary N) is 1. The van der Waals surface area contributed by atoms with E-state index in [1.54, 1.807) is 20.1 Å². The molecule has 0 aliphatic rings. The minimum atomic E-state index is -0.227. The van der Waals surface area contributed by atoms with Crippen LogP contribution in [-0.2, 0) is 0 Å². The summed E-state index contributed by atoms with van der Waals surface area (Å²) in [5.41, 5.74) is 6.63. The molecular weight excluding hydrogens is 218 g/mol. The molecule has 0 aliphatic heterocycles. The average molecular weight is 231 g/mol. The highest BCUT2D eigenvalue weighted by atomic mass is 16.5. The molecular formula is C12H13N3O2. The fraction of sp³-hybridized carbons (Fsp3) is 0.167. The van der Waals surface area contributed by atoms with Gasteiger partial charge in [0.1, 0.15) is 17.4 Å². The molecule has 2 aromatic rings. The maximum Gasteiger partial charge on any atom is 0.256 e. The number of methoxy groups -OCH3 is 1. The Morgan fingerprint density at radius 3 is 2.82 bits per heavy atom. The molecule has 3 N–H and O–H groups in total. The van der Waals surface area contributed by atoms with Crippen LogP contribution in [0.1, 0.15) is 5.56 Å². The van der Waals surface area contributed by atoms with Gasteiger partial charge in [0.15, 0.2) is 0 Å². The maximum absolute atomic E-state index is 11.6. The van der Waals surface area contributed by atoms with Crippen molar-refractivity contribution in [2.45, 2.75) is 6.92 Å². The molecule has 0 aliphatic carbocycles. The van der Waals surface area contributed by atoms with Gasteiger partial charge in [-0.2, -0.15) is 0 Å². The summed E-state index contributed by atoms with van der Waals surface area (Å²) in [6, 6.07) is 7.26. The molecule has 0 fully saturated rings. The molecule has 5 heteroatoms. The molecule has 0 saturated heterocycles. The summed E-state index contributed by atoms with van der Waals surface area (Å²) in [7, 11) is 1.58. The summed E-state index contributed by atoms with van der Waals surface area (Å²) in [5, 5.41) is 0. The first-order chi connectivity index (χ1) is 8.11. The van der Waals surface area contributed by atoms with E-state index in [-0.39, 0.29) is 11.4 Å². The summed E-state index contributed by atoms with van der Waals surface area (Å²) < 4.78 is 5.11. The Kier molecular flexibility index (Phi) is 2.82. The van der Waals surface area contributed by atoms with Crippen molar-refractivity contribution in [1.82, 2.24) is 9.97 Å². The van der Waals surface area contributed by atoms with Crippen molar-refractivity contribution in [3.05, 3.63) is 40.2 Å². The normalized spacial score (nSPS) is 10.2. The lowest BCUT2D eigenvalue weighted by Crippen LogP contribution is -2.15. The first kappa shape index (κ1) is 11.2. The number of rotatable bonds is 2. The molecule has 1 aromatic carbocycles. The van der Waals surface area contributed by atoms with Gasteiger partial charge in [0.2, 0.25) is 0 Å². The number of nitrogens with zero attached hydrogens (tertiary/aromatic N) is 1. The van der Waals surface area contributed by atoms with E-state index < -0.39 is 0 Å². The lowest BCUT2D eigenvalue weighted by Gasteiger charge is -2.05. The molecule has 0 saturated carbocycles. The number of anilines is 1. The molecule has 2 rings (SSSR count). The Bertz CT molecular complexity index is 605. The number of aromatic amines is 1. The van der Waals surface area contributed by atoms with Gasteiger partial charge in [-0.3, -0.25) is 4.79 Å². The van der Waals surface area contributed by atoms with Crippen LogP contribution in [0.3, 0.4) is 0 Å². The number of H-pyrrole nitrogens is 1. The second kappa shape index (κ2) is 4.29. The van der Waals surface area contributed by atoms with Crippen LogP contribution in [0.4, 0.5) is 5.82 Å². The van der Waals surface area contributed by atoms with Gasteiger partial charge >= 0.3 is 0 Å². The molecule has 0 unspecified atom stereocenters. The van der Waals surface area contributed by atoms with Crippen LogP contribution in [-0.4, -0.2) is 17.1 Å². The van der Waals surface area contributed by atoms with Gasteiger partial charge in [-0.25, -0.2) is 4.98 Å². The monoisotopic (exact) mass is 231 g/mol. The van der Waals surface area contributed by atoms with E-state index in [0.29, 0.717) is 17.1 Å². The number of nitrogens with one attached hydrogen (secondary N) is 1. The Morgan fingerprint density at radius 1 is 1.41 bits per heavy atom. The second-order valence-corrected chi connectivity index (χ2v) is 3.66. The summed E-state index contributed by atoms with van der Waals surface area (Å²) in [6.07, 6.45) is 0. The quantitative estimate of drug-likeness (QED) is 0.817. The fourth-order valence-corrected chi connectivity index (χ4v) is 1.46. The minimum absolute atomic E-state index is 0.227. The molecule has 0 bridgehead atoms. The van der Waals surface area contributed by atoms with Gasteiger partial charge in [0.25, 0.3) is 5.56 Å². The molecule has 0 amide bonds. The SMILES string of the molecule is COc1cccc(-c2nc(N)c(C)c(=O)[nH]2)c1. The first-order valence-corrected chi connectivity index (χ1v) is 5.12. The first-order valence-electron chi connectivity index (χ1n) is 5.12. The molecule has 0 spiro atoms. The van der Waals surface area contributed by atoms with Crippen molar-refractivity contribution in [2.75, 3.05) is 12.8 Å². The van der Waals surface area contributed by atoms with Crippen molar-refractivity contribution in [2.24, 2.45) is 0 Å². The highest BCUT2D eigenvalue weighted by molar-refractivity contribution is 5.59. The van der Waals surface area contributed by atoms with Crippen LogP contribution in [0, 0.1) is 6.92 Å². The fourth-order valence-electron chi connectivity index (χ4n) is 1.46. The highest BCUT2D eigenvalue weighted by Crippen LogP contribution is 2.20. The standard InChI is InChI=1S/C12H13N3O2/c1-7-10(13)14-11(15-12(7)16)8-4-3-5-9(6-8)17-2/h3-6H,1-2H3,(H3,13,14,15,16). The molecule has 17 heavy (non-hydrogen) atoms. The minimum Gasteiger partial charge on any atom is -0.497 e. The van der Waals surface area contributed by atoms with Crippen LogP contribution >= 0.6 is 0 Å². The summed E-state index contributed by atoms with van der Waals surface area (Å²) in [5.74, 6) is 1.38. The molecule has 1 heterocycles. The van der Waals surface area contributed by atoms with E-state index in [0.717, 1.165) is 5.56 Å². The zero-order valence-electron chi connectivity index (χ0n) is 9.65. The van der Waals surface area contributed by atoms with E-state index in [1.807, 2.05) is 18.2 Å². The Hall–Kier alpha value is -2.30. The van der Waals surface area contributed by atoms with Crippen LogP contribution in [0.15, 0.2) is 29.1 Å². The van der Waals surface area contributed by atoms with Crippen LogP contribution in [0.5, 0.6) is 5.75 Å². The van der Waals surface area contributed by atoms with E-state index in [1.165, 1.54) is 0 Å². The van der Waals surface area contributed by atoms with Crippen molar-refractivity contribution >= 4 is 5.82 Å². The number of hydrogen-bond acceptors (Lipinski definition) is 4. The van der Waals surface area contributed by atoms with Crippen LogP contribution < -0.4 is 16.0 Å². The number of benzene rings is 1. The van der Waals surface area contributed by atoms with E-state index >= 15 is 0 Å². The number of aromatic nitrogens is 2. The molecule has 88 valence electrons. The van der Waals surface area contributed by atoms with Gasteiger partial charge in [-0.05, 0) is 19.1 Å². The van der Waals surface area contributed by atoms with Crippen LogP contribution in [0.25, 0.3) is 11.4 Å². The number of hydrogen-bond donors (Lipinski definition) is 2. The summed E-state index contributed by atoms with van der Waals surface area (Å²) in [4.78, 5) is 18.4. The predicted octanol–water partition coefficient (Wildman–Crippen LogP) is 1.34. The third-order valence-electron chi connectivity index (χ3n) is 2.53. The van der Waals surface area contributed by atoms with Gasteiger partial charge in [-0.1, -0.05) is 12.1 Å². The lowest BCUT2D eigenvalue weighted by molar-refractivity contribution is 0.415. The molecule has 0 radical (unpaired) electrons. The number of ether oxygens (including phenoxy) is 1. The highest BCUT2D eigenvalue weighted by Gasteiger charge is 2.06. The Labute approximate surface area is 98.3 Å². The maximum atomic E-state index is 11.6. The van der Waals surface area contributed by atoms with E-state index in [2.05, 4.69) is 9.97 Å². The smallest absolute Gasteiger partial charge is 0.256 e. The predicted molar refractivity (Wildman–Crippen MR) is 66.0 cm³/mol. The Morgan fingerprint density at radius 2 is 2.18 bits per heavy atom. The zero-order valence-corrected chi connectivity index (χ0v) is 9.65. The molecule has 0 atom stereocenters. The lowest BCUT2D eigenvalue weighted by atomic mass is 10.2. The van der Waals surface area contributed by atoms with Gasteiger partial charge < -0.3 is 15.5 Å². The van der Waals surface area contributed by atoms with Gasteiger partial charge in [0.05, 0.1) is 12.7 Å². The summed E-state index contributed by atoms with van der Waals surface area (Å²) in [6.45, 7) is 1.64. The zero-order chi connectivity index (χ0) is 12.4.